The molecule has 0 bridgehead atoms. The number of hydrogen-bond donors (Lipinski definition) is 3. The monoisotopic (exact) mass is 260 g/mol. The van der Waals surface area contributed by atoms with Crippen molar-refractivity contribution in [1.82, 2.24) is 0 Å². The normalized spacial score (nSPS) is 18.7. The smallest absolute Gasteiger partial charge is 0.0458 e. The highest BCUT2D eigenvalue weighted by Gasteiger charge is 2.23. The molecular weight excluding hydrogens is 248 g/mol. The molecule has 4 N–H and O–H groups in total. The van der Waals surface area contributed by atoms with Crippen LogP contribution < -0.4 is 11.5 Å². The topological polar surface area (TPSA) is 52.0 Å². The summed E-state index contributed by atoms with van der Waals surface area (Å²) in [5.41, 5.74) is 15.0. The Balaban J connectivity index is 2.50. The van der Waals surface area contributed by atoms with Crippen LogP contribution in [0.25, 0.3) is 10.8 Å². The van der Waals surface area contributed by atoms with E-state index in [4.69, 9.17) is 23.7 Å². The maximum atomic E-state index is 6.06. The summed E-state index contributed by atoms with van der Waals surface area (Å²) in [4.78, 5) is 1.66. The molecule has 1 aliphatic rings. The van der Waals surface area contributed by atoms with Gasteiger partial charge in [-0.15, -0.1) is 12.6 Å². The van der Waals surface area contributed by atoms with Crippen LogP contribution in [-0.4, -0.2) is 10.9 Å². The van der Waals surface area contributed by atoms with Gasteiger partial charge < -0.3 is 11.5 Å². The zero-order chi connectivity index (χ0) is 12.2. The number of nitrogens with two attached hydrogens (primary N) is 2. The van der Waals surface area contributed by atoms with E-state index in [1.807, 2.05) is 24.3 Å². The molecule has 1 aliphatic carbocycles. The summed E-state index contributed by atoms with van der Waals surface area (Å²) in [6.45, 7) is 0. The van der Waals surface area contributed by atoms with Crippen LogP contribution in [0.1, 0.15) is 11.1 Å². The van der Waals surface area contributed by atoms with Crippen LogP contribution in [0.3, 0.4) is 0 Å². The lowest BCUT2D eigenvalue weighted by Crippen LogP contribution is -2.35. The number of benzene rings is 2. The van der Waals surface area contributed by atoms with Crippen molar-refractivity contribution >= 4 is 46.2 Å². The standard InChI is InChI=1S/C13H12N2S2/c14-9-4-6-5-10(15)13(17)8-3-1-2-7(11(6)8)12(9)16/h1-4,10,16H,5,14-15H2. The molecule has 0 saturated heterocycles. The lowest BCUT2D eigenvalue weighted by atomic mass is 9.85. The van der Waals surface area contributed by atoms with Gasteiger partial charge in [-0.1, -0.05) is 30.4 Å². The zero-order valence-corrected chi connectivity index (χ0v) is 10.8. The average Bonchev–Trinajstić information content (AvgIpc) is 2.32. The fourth-order valence-electron chi connectivity index (χ4n) is 2.48. The van der Waals surface area contributed by atoms with Crippen molar-refractivity contribution in [2.24, 2.45) is 5.73 Å². The number of thiol groups is 1. The maximum Gasteiger partial charge on any atom is 0.0458 e. The first kappa shape index (κ1) is 11.0. The van der Waals surface area contributed by atoms with E-state index >= 15 is 0 Å². The molecule has 0 aromatic heterocycles. The Bertz CT molecular complexity index is 649. The van der Waals surface area contributed by atoms with E-state index in [9.17, 15) is 0 Å². The summed E-state index contributed by atoms with van der Waals surface area (Å²) in [6.07, 6.45) is 0.755. The molecule has 2 aromatic rings. The van der Waals surface area contributed by atoms with Crippen LogP contribution in [0.15, 0.2) is 29.2 Å². The van der Waals surface area contributed by atoms with Crippen LogP contribution >= 0.6 is 24.8 Å². The van der Waals surface area contributed by atoms with Gasteiger partial charge in [0, 0.05) is 21.5 Å². The minimum atomic E-state index is -0.0896. The van der Waals surface area contributed by atoms with Gasteiger partial charge in [0.2, 0.25) is 0 Å². The van der Waals surface area contributed by atoms with Gasteiger partial charge in [-0.25, -0.2) is 0 Å². The van der Waals surface area contributed by atoms with Crippen molar-refractivity contribution in [2.75, 3.05) is 5.73 Å². The fourth-order valence-corrected chi connectivity index (χ4v) is 2.98. The van der Waals surface area contributed by atoms with Crippen molar-refractivity contribution in [3.63, 3.8) is 0 Å². The van der Waals surface area contributed by atoms with Gasteiger partial charge in [0.1, 0.15) is 0 Å². The van der Waals surface area contributed by atoms with Gasteiger partial charge in [-0.2, -0.15) is 0 Å². The molecule has 17 heavy (non-hydrogen) atoms. The number of thiocarbonyl (C=S) groups is 1. The minimum Gasteiger partial charge on any atom is -0.398 e. The minimum absolute atomic E-state index is 0.0896. The molecule has 0 fully saturated rings. The van der Waals surface area contributed by atoms with E-state index in [0.29, 0.717) is 5.69 Å². The third kappa shape index (κ3) is 1.48. The maximum absolute atomic E-state index is 6.06. The molecular formula is C13H12N2S2. The molecule has 0 radical (unpaired) electrons. The zero-order valence-electron chi connectivity index (χ0n) is 9.10. The first-order chi connectivity index (χ1) is 8.09. The Labute approximate surface area is 110 Å². The SMILES string of the molecule is Nc1cc2c3c(cccc3c1S)C(=S)C(N)C2. The summed E-state index contributed by atoms with van der Waals surface area (Å²) in [7, 11) is 0. The Morgan fingerprint density at radius 3 is 2.88 bits per heavy atom. The fraction of sp³-hybridized carbons (Fsp3) is 0.154. The summed E-state index contributed by atoms with van der Waals surface area (Å²) < 4.78 is 0. The lowest BCUT2D eigenvalue weighted by molar-refractivity contribution is 0.857. The Hall–Kier alpha value is -1.10. The van der Waals surface area contributed by atoms with E-state index < -0.39 is 0 Å². The lowest BCUT2D eigenvalue weighted by Gasteiger charge is -2.24. The Kier molecular flexibility index (Phi) is 2.40. The first-order valence-electron chi connectivity index (χ1n) is 5.42. The van der Waals surface area contributed by atoms with Crippen LogP contribution in [0, 0.1) is 0 Å². The van der Waals surface area contributed by atoms with Gasteiger partial charge in [0.25, 0.3) is 0 Å². The molecule has 0 saturated carbocycles. The van der Waals surface area contributed by atoms with Crippen molar-refractivity contribution in [2.45, 2.75) is 17.4 Å². The van der Waals surface area contributed by atoms with Crippen molar-refractivity contribution in [3.8, 4) is 0 Å². The highest BCUT2D eigenvalue weighted by Crippen LogP contribution is 2.36. The second-order valence-corrected chi connectivity index (χ2v) is 5.26. The summed E-state index contributed by atoms with van der Waals surface area (Å²) in [5.74, 6) is 0. The molecule has 0 spiro atoms. The predicted molar refractivity (Wildman–Crippen MR) is 79.0 cm³/mol. The van der Waals surface area contributed by atoms with E-state index in [0.717, 1.165) is 27.1 Å². The van der Waals surface area contributed by atoms with Crippen LogP contribution in [0.4, 0.5) is 5.69 Å². The summed E-state index contributed by atoms with van der Waals surface area (Å²) in [5, 5.41) is 2.23. The number of anilines is 1. The van der Waals surface area contributed by atoms with Gasteiger partial charge >= 0.3 is 0 Å². The third-order valence-electron chi connectivity index (χ3n) is 3.29. The summed E-state index contributed by atoms with van der Waals surface area (Å²) in [6, 6.07) is 7.91. The highest BCUT2D eigenvalue weighted by molar-refractivity contribution is 7.81. The second-order valence-electron chi connectivity index (χ2n) is 4.38. The molecule has 1 unspecified atom stereocenters. The number of hydrogen-bond acceptors (Lipinski definition) is 4. The molecule has 2 nitrogen and oxygen atoms in total. The number of nitrogen functional groups attached to an aromatic ring is 1. The molecule has 86 valence electrons. The average molecular weight is 260 g/mol. The molecule has 4 heteroatoms. The second kappa shape index (κ2) is 3.70. The first-order valence-corrected chi connectivity index (χ1v) is 6.28. The summed E-state index contributed by atoms with van der Waals surface area (Å²) >= 11 is 9.89. The van der Waals surface area contributed by atoms with Gasteiger partial charge in [-0.05, 0) is 34.4 Å². The Morgan fingerprint density at radius 2 is 2.12 bits per heavy atom. The van der Waals surface area contributed by atoms with E-state index in [2.05, 4.69) is 12.6 Å². The predicted octanol–water partition coefficient (Wildman–Crippen LogP) is 2.31. The largest absolute Gasteiger partial charge is 0.398 e. The van der Waals surface area contributed by atoms with E-state index in [1.54, 1.807) is 0 Å². The van der Waals surface area contributed by atoms with Crippen molar-refractivity contribution in [1.29, 1.82) is 0 Å². The van der Waals surface area contributed by atoms with Crippen LogP contribution in [0.5, 0.6) is 0 Å². The highest BCUT2D eigenvalue weighted by atomic mass is 32.1. The van der Waals surface area contributed by atoms with Crippen molar-refractivity contribution in [3.05, 3.63) is 35.4 Å². The number of rotatable bonds is 0. The molecule has 0 amide bonds. The van der Waals surface area contributed by atoms with Crippen LogP contribution in [-0.2, 0) is 6.42 Å². The van der Waals surface area contributed by atoms with Crippen LogP contribution in [0.2, 0.25) is 0 Å². The van der Waals surface area contributed by atoms with Gasteiger partial charge in [-0.3, -0.25) is 0 Å². The molecule has 3 rings (SSSR count). The molecule has 1 atom stereocenters. The van der Waals surface area contributed by atoms with Gasteiger partial charge in [0.15, 0.2) is 0 Å². The van der Waals surface area contributed by atoms with Gasteiger partial charge in [0.05, 0.1) is 0 Å². The quantitative estimate of drug-likeness (QED) is 0.387. The van der Waals surface area contributed by atoms with Crippen molar-refractivity contribution < 1.29 is 0 Å². The van der Waals surface area contributed by atoms with E-state index in [1.165, 1.54) is 10.9 Å². The molecule has 2 aromatic carbocycles. The Morgan fingerprint density at radius 1 is 1.35 bits per heavy atom. The third-order valence-corrected chi connectivity index (χ3v) is 4.31. The van der Waals surface area contributed by atoms with E-state index in [-0.39, 0.29) is 6.04 Å². The molecule has 0 heterocycles. The molecule has 0 aliphatic heterocycles.